The lowest BCUT2D eigenvalue weighted by molar-refractivity contribution is 0.396. The highest BCUT2D eigenvalue weighted by molar-refractivity contribution is 5.78. The normalized spacial score (nSPS) is 17.5. The molecule has 1 fully saturated rings. The molecule has 0 atom stereocenters. The van der Waals surface area contributed by atoms with Crippen LogP contribution in [0.5, 0.6) is 0 Å². The van der Waals surface area contributed by atoms with E-state index in [2.05, 4.69) is 29.3 Å². The predicted octanol–water partition coefficient (Wildman–Crippen LogP) is 0.395. The van der Waals surface area contributed by atoms with E-state index in [1.807, 2.05) is 0 Å². The van der Waals surface area contributed by atoms with Gasteiger partial charge in [-0.25, -0.2) is 0 Å². The molecule has 3 N–H and O–H groups in total. The number of nitrogens with zero attached hydrogens (tertiary/aromatic N) is 2. The van der Waals surface area contributed by atoms with Crippen molar-refractivity contribution >= 4 is 5.96 Å². The van der Waals surface area contributed by atoms with Gasteiger partial charge < -0.3 is 16.0 Å². The summed E-state index contributed by atoms with van der Waals surface area (Å²) in [6.45, 7) is 1.98. The molecule has 0 aliphatic heterocycles. The summed E-state index contributed by atoms with van der Waals surface area (Å²) in [7, 11) is 4.18. The van der Waals surface area contributed by atoms with E-state index in [1.54, 1.807) is 0 Å². The average Bonchev–Trinajstić information content (AvgIpc) is 2.87. The molecule has 4 nitrogen and oxygen atoms in total. The molecule has 0 bridgehead atoms. The predicted molar refractivity (Wildman–Crippen MR) is 60.4 cm³/mol. The van der Waals surface area contributed by atoms with E-state index in [0.29, 0.717) is 12.0 Å². The maximum absolute atomic E-state index is 5.69. The van der Waals surface area contributed by atoms with Crippen molar-refractivity contribution < 1.29 is 0 Å². The maximum atomic E-state index is 5.69. The van der Waals surface area contributed by atoms with Gasteiger partial charge in [0.15, 0.2) is 5.96 Å². The van der Waals surface area contributed by atoms with E-state index in [9.17, 15) is 0 Å². The topological polar surface area (TPSA) is 53.6 Å². The summed E-state index contributed by atoms with van der Waals surface area (Å²) in [6, 6.07) is 0.612. The number of rotatable bonds is 6. The Labute approximate surface area is 86.6 Å². The molecule has 14 heavy (non-hydrogen) atoms. The molecule has 0 heterocycles. The van der Waals surface area contributed by atoms with E-state index in [0.717, 1.165) is 19.5 Å². The molecule has 1 aliphatic carbocycles. The number of guanidine groups is 1. The largest absolute Gasteiger partial charge is 0.370 e. The first-order valence-electron chi connectivity index (χ1n) is 5.39. The van der Waals surface area contributed by atoms with Crippen molar-refractivity contribution in [3.63, 3.8) is 0 Å². The van der Waals surface area contributed by atoms with Crippen LogP contribution >= 0.6 is 0 Å². The molecule has 0 saturated heterocycles. The molecule has 0 amide bonds. The van der Waals surface area contributed by atoms with Gasteiger partial charge in [0.25, 0.3) is 0 Å². The first-order valence-corrected chi connectivity index (χ1v) is 5.39. The number of hydrogen-bond acceptors (Lipinski definition) is 2. The van der Waals surface area contributed by atoms with Crippen molar-refractivity contribution in [3.8, 4) is 0 Å². The zero-order valence-electron chi connectivity index (χ0n) is 9.29. The number of aliphatic imine (C=N–C) groups is 1. The quantitative estimate of drug-likeness (QED) is 0.369. The number of unbranched alkanes of at least 4 members (excludes halogenated alkanes) is 1. The number of nitrogens with one attached hydrogen (secondary N) is 1. The van der Waals surface area contributed by atoms with Gasteiger partial charge in [0.05, 0.1) is 0 Å². The van der Waals surface area contributed by atoms with Gasteiger partial charge in [0, 0.05) is 12.6 Å². The van der Waals surface area contributed by atoms with Crippen molar-refractivity contribution in [1.29, 1.82) is 0 Å². The molecule has 1 rings (SSSR count). The lowest BCUT2D eigenvalue weighted by Gasteiger charge is -2.07. The van der Waals surface area contributed by atoms with Gasteiger partial charge in [-0.3, -0.25) is 4.99 Å². The van der Waals surface area contributed by atoms with Crippen LogP contribution in [0.15, 0.2) is 4.99 Å². The Kier molecular flexibility index (Phi) is 4.73. The Bertz CT molecular complexity index is 185. The van der Waals surface area contributed by atoms with Crippen LogP contribution in [-0.2, 0) is 0 Å². The monoisotopic (exact) mass is 198 g/mol. The molecule has 1 aliphatic rings. The minimum absolute atomic E-state index is 0.612. The molecule has 0 unspecified atom stereocenters. The summed E-state index contributed by atoms with van der Waals surface area (Å²) in [5, 5.41) is 3.17. The van der Waals surface area contributed by atoms with Crippen molar-refractivity contribution in [2.24, 2.45) is 10.7 Å². The third-order valence-corrected chi connectivity index (χ3v) is 2.22. The van der Waals surface area contributed by atoms with Crippen molar-refractivity contribution in [1.82, 2.24) is 10.2 Å². The zero-order chi connectivity index (χ0) is 10.4. The van der Waals surface area contributed by atoms with Gasteiger partial charge >= 0.3 is 0 Å². The SMILES string of the molecule is CN(C)CCCCN=C(N)NC1CC1. The lowest BCUT2D eigenvalue weighted by Crippen LogP contribution is -2.33. The average molecular weight is 198 g/mol. The Hall–Kier alpha value is -0.770. The van der Waals surface area contributed by atoms with E-state index < -0.39 is 0 Å². The van der Waals surface area contributed by atoms with Crippen molar-refractivity contribution in [2.45, 2.75) is 31.7 Å². The fraction of sp³-hybridized carbons (Fsp3) is 0.900. The van der Waals surface area contributed by atoms with Gasteiger partial charge in [-0.15, -0.1) is 0 Å². The first-order chi connectivity index (χ1) is 6.68. The first kappa shape index (κ1) is 11.3. The summed E-state index contributed by atoms with van der Waals surface area (Å²) in [4.78, 5) is 6.46. The van der Waals surface area contributed by atoms with Crippen LogP contribution in [0, 0.1) is 0 Å². The zero-order valence-corrected chi connectivity index (χ0v) is 9.29. The van der Waals surface area contributed by atoms with Crippen molar-refractivity contribution in [3.05, 3.63) is 0 Å². The van der Waals surface area contributed by atoms with E-state index >= 15 is 0 Å². The van der Waals surface area contributed by atoms with Crippen LogP contribution in [0.4, 0.5) is 0 Å². The van der Waals surface area contributed by atoms with Crippen LogP contribution in [0.25, 0.3) is 0 Å². The van der Waals surface area contributed by atoms with Crippen LogP contribution < -0.4 is 11.1 Å². The summed E-state index contributed by atoms with van der Waals surface area (Å²) in [6.07, 6.45) is 4.80. The Morgan fingerprint density at radius 2 is 2.14 bits per heavy atom. The minimum atomic E-state index is 0.612. The van der Waals surface area contributed by atoms with Gasteiger partial charge in [0.2, 0.25) is 0 Å². The molecule has 1 saturated carbocycles. The number of hydrogen-bond donors (Lipinski definition) is 2. The molecule has 0 aromatic rings. The molecule has 0 aromatic carbocycles. The molecule has 82 valence electrons. The summed E-state index contributed by atoms with van der Waals surface area (Å²) in [5.74, 6) is 0.623. The van der Waals surface area contributed by atoms with E-state index in [-0.39, 0.29) is 0 Å². The van der Waals surface area contributed by atoms with Crippen LogP contribution in [0.2, 0.25) is 0 Å². The molecular formula is C10H22N4. The Morgan fingerprint density at radius 3 is 2.71 bits per heavy atom. The van der Waals surface area contributed by atoms with Gasteiger partial charge in [-0.1, -0.05) is 0 Å². The van der Waals surface area contributed by atoms with Gasteiger partial charge in [0.1, 0.15) is 0 Å². The third kappa shape index (κ3) is 5.80. The second-order valence-electron chi connectivity index (χ2n) is 4.20. The van der Waals surface area contributed by atoms with Crippen LogP contribution in [0.3, 0.4) is 0 Å². The highest BCUT2D eigenvalue weighted by Gasteiger charge is 2.21. The smallest absolute Gasteiger partial charge is 0.188 e. The van der Waals surface area contributed by atoms with E-state index in [4.69, 9.17) is 5.73 Å². The summed E-state index contributed by atoms with van der Waals surface area (Å²) in [5.41, 5.74) is 5.69. The van der Waals surface area contributed by atoms with Gasteiger partial charge in [-0.05, 0) is 46.3 Å². The summed E-state index contributed by atoms with van der Waals surface area (Å²) < 4.78 is 0. The fourth-order valence-corrected chi connectivity index (χ4v) is 1.22. The molecule has 0 radical (unpaired) electrons. The van der Waals surface area contributed by atoms with Gasteiger partial charge in [-0.2, -0.15) is 0 Å². The highest BCUT2D eigenvalue weighted by Crippen LogP contribution is 2.17. The highest BCUT2D eigenvalue weighted by atomic mass is 15.1. The second-order valence-corrected chi connectivity index (χ2v) is 4.20. The third-order valence-electron chi connectivity index (χ3n) is 2.22. The number of nitrogens with two attached hydrogens (primary N) is 1. The molecule has 4 heteroatoms. The van der Waals surface area contributed by atoms with E-state index in [1.165, 1.54) is 19.3 Å². The Morgan fingerprint density at radius 1 is 1.43 bits per heavy atom. The lowest BCUT2D eigenvalue weighted by atomic mass is 10.3. The molecule has 0 spiro atoms. The maximum Gasteiger partial charge on any atom is 0.188 e. The van der Waals surface area contributed by atoms with Crippen molar-refractivity contribution in [2.75, 3.05) is 27.2 Å². The molecule has 0 aromatic heterocycles. The summed E-state index contributed by atoms with van der Waals surface area (Å²) >= 11 is 0. The molecular weight excluding hydrogens is 176 g/mol. The minimum Gasteiger partial charge on any atom is -0.370 e. The second kappa shape index (κ2) is 5.86. The van der Waals surface area contributed by atoms with Crippen LogP contribution in [-0.4, -0.2) is 44.1 Å². The standard InChI is InChI=1S/C10H22N4/c1-14(2)8-4-3-7-12-10(11)13-9-5-6-9/h9H,3-8H2,1-2H3,(H3,11,12,13). The fourth-order valence-electron chi connectivity index (χ4n) is 1.22. The Balaban J connectivity index is 1.95. The van der Waals surface area contributed by atoms with Crippen LogP contribution in [0.1, 0.15) is 25.7 Å².